The van der Waals surface area contributed by atoms with Crippen LogP contribution >= 0.6 is 39.5 Å². The van der Waals surface area contributed by atoms with Crippen molar-refractivity contribution in [1.82, 2.24) is 49.3 Å². The number of hydrogen-bond acceptors (Lipinski definition) is 25. The number of aromatic nitrogens is 8. The first-order valence-corrected chi connectivity index (χ1v) is 27.4. The Hall–Kier alpha value is -4.80. The van der Waals surface area contributed by atoms with E-state index in [1.807, 2.05) is 0 Å². The minimum atomic E-state index is -5.02. The van der Waals surface area contributed by atoms with Gasteiger partial charge in [-0.05, 0) is 6.92 Å². The number of carbonyl (C=O) groups is 4. The predicted octanol–water partition coefficient (Wildman–Crippen LogP) is -0.832. The van der Waals surface area contributed by atoms with E-state index in [9.17, 15) is 43.1 Å². The number of phosphoric acid groups is 1. The molecular formula is C39H52N12O19P2S2. The molecular weight excluding hydrogens is 1070 g/mol. The molecule has 0 spiro atoms. The number of nitrogens with one attached hydrogen (secondary N) is 3. The van der Waals surface area contributed by atoms with Gasteiger partial charge in [0.2, 0.25) is 17.8 Å². The second-order valence-electron chi connectivity index (χ2n) is 16.6. The number of nitrogens with two attached hydrogens (primary N) is 1. The SMILES string of the molecule is CC1=CC(=O)N(CCC(=O)NCCOCCOCCOCCOCCC(=O)Nc2ncnc3c2ncn3C2OC3COP(=O)(S)OC4C(COP(=O)(O)OC3C2S)OC(n2cnc3c(=O)[nH]c(N)nc32)C4O)C1=O. The van der Waals surface area contributed by atoms with Crippen LogP contribution in [0.25, 0.3) is 22.3 Å². The van der Waals surface area contributed by atoms with E-state index in [-0.39, 0.29) is 99.0 Å². The van der Waals surface area contributed by atoms with Gasteiger partial charge in [0.15, 0.2) is 40.6 Å². The molecule has 4 amide bonds. The van der Waals surface area contributed by atoms with Gasteiger partial charge in [-0.3, -0.25) is 61.1 Å². The first kappa shape index (κ1) is 55.4. The molecule has 8 rings (SSSR count). The highest BCUT2D eigenvalue weighted by atomic mass is 32.7. The molecule has 4 aliphatic rings. The summed E-state index contributed by atoms with van der Waals surface area (Å²) in [7, 11) is -5.02. The fraction of sp³-hybridized carbons (Fsp3) is 0.590. The molecule has 3 saturated heterocycles. The Kier molecular flexibility index (Phi) is 18.3. The molecule has 10 unspecified atom stereocenters. The van der Waals surface area contributed by atoms with Crippen molar-refractivity contribution in [2.75, 3.05) is 90.2 Å². The minimum absolute atomic E-state index is 0.00389. The van der Waals surface area contributed by atoms with Crippen molar-refractivity contribution < 1.29 is 84.8 Å². The Morgan fingerprint density at radius 3 is 2.18 bits per heavy atom. The van der Waals surface area contributed by atoms with Gasteiger partial charge in [-0.15, -0.1) is 0 Å². The van der Waals surface area contributed by atoms with E-state index in [4.69, 9.17) is 52.2 Å². The third-order valence-electron chi connectivity index (χ3n) is 11.5. The van der Waals surface area contributed by atoms with Gasteiger partial charge in [0.25, 0.3) is 17.4 Å². The maximum atomic E-state index is 13.7. The molecule has 4 aromatic heterocycles. The van der Waals surface area contributed by atoms with Gasteiger partial charge in [-0.2, -0.15) is 17.6 Å². The number of carbonyl (C=O) groups excluding carboxylic acids is 4. The number of nitrogens with zero attached hydrogens (tertiary/aromatic N) is 8. The Balaban J connectivity index is 0.745. The Bertz CT molecular complexity index is 2890. The molecule has 35 heteroatoms. The quantitative estimate of drug-likeness (QED) is 0.0218. The lowest BCUT2D eigenvalue weighted by molar-refractivity contribution is -0.137. The zero-order chi connectivity index (χ0) is 52.7. The lowest BCUT2D eigenvalue weighted by Crippen LogP contribution is -2.38. The Morgan fingerprint density at radius 1 is 0.838 bits per heavy atom. The lowest BCUT2D eigenvalue weighted by Gasteiger charge is -2.28. The van der Waals surface area contributed by atoms with Crippen LogP contribution in [0.3, 0.4) is 0 Å². The average molecular weight is 1120 g/mol. The van der Waals surface area contributed by atoms with Crippen LogP contribution in [0.1, 0.15) is 32.2 Å². The van der Waals surface area contributed by atoms with Crippen molar-refractivity contribution in [2.45, 2.75) is 68.0 Å². The zero-order valence-corrected chi connectivity index (χ0v) is 42.7. The number of fused-ring (bicyclic) bond motifs is 4. The third kappa shape index (κ3) is 13.4. The van der Waals surface area contributed by atoms with Gasteiger partial charge in [0.1, 0.15) is 36.8 Å². The van der Waals surface area contributed by atoms with Crippen LogP contribution in [0.2, 0.25) is 0 Å². The lowest BCUT2D eigenvalue weighted by atomic mass is 10.1. The average Bonchev–Trinajstić information content (AvgIpc) is 4.16. The first-order chi connectivity index (χ1) is 35.4. The molecule has 7 N–H and O–H groups in total. The molecule has 31 nitrogen and oxygen atoms in total. The number of ether oxygens (including phenoxy) is 6. The number of aliphatic hydroxyl groups excluding tert-OH is 1. The van der Waals surface area contributed by atoms with Crippen LogP contribution in [0.15, 0.2) is 35.4 Å². The summed E-state index contributed by atoms with van der Waals surface area (Å²) in [5, 5.41) is 15.7. The van der Waals surface area contributed by atoms with Crippen LogP contribution in [0.5, 0.6) is 0 Å². The number of rotatable bonds is 21. The maximum Gasteiger partial charge on any atom is 0.472 e. The van der Waals surface area contributed by atoms with Gasteiger partial charge < -0.3 is 54.8 Å². The van der Waals surface area contributed by atoms with Crippen molar-refractivity contribution in [3.05, 3.63) is 41.0 Å². The molecule has 3 fully saturated rings. The fourth-order valence-corrected chi connectivity index (χ4v) is 10.9. The van der Waals surface area contributed by atoms with E-state index >= 15 is 0 Å². The second-order valence-corrected chi connectivity index (χ2v) is 21.4. The third-order valence-corrected chi connectivity index (χ3v) is 14.6. The summed E-state index contributed by atoms with van der Waals surface area (Å²) >= 11 is 8.78. The summed E-state index contributed by atoms with van der Waals surface area (Å²) in [6.07, 6.45) is -5.01. The number of phosphoric ester groups is 1. The molecule has 4 aliphatic heterocycles. The van der Waals surface area contributed by atoms with Crippen LogP contribution in [-0.4, -0.2) is 192 Å². The zero-order valence-electron chi connectivity index (χ0n) is 39.1. The summed E-state index contributed by atoms with van der Waals surface area (Å²) in [6.45, 7) is -2.04. The van der Waals surface area contributed by atoms with Crippen LogP contribution < -0.4 is 21.9 Å². The van der Waals surface area contributed by atoms with Crippen LogP contribution in [-0.2, 0) is 74.8 Å². The number of nitrogen functional groups attached to an aromatic ring is 1. The standard InChI is InChI=1S/C39H52N12O19P2S2/c1-20-14-25(54)49(36(20)57)5-2-23(52)41-4-7-62-9-11-64-13-12-63-10-8-61-6-3-24(53)46-32-26-33(43-17-42-32)50(18-44-26)38-31(73)30-22(68-38)16-66-72(60,74)70-29-21(15-65-71(58,59)69-30)67-37(28(29)55)51-19-45-27-34(51)47-39(40)48-35(27)56/h14,17-19,21-22,28-31,37-38,55,73H,2-13,15-16H2,1H3,(H,41,52)(H,58,59)(H,60,74)(H3,40,47,48,56)(H,42,43,46,53). The molecule has 0 bridgehead atoms. The topological polar surface area (TPSA) is 396 Å². The molecule has 10 atom stereocenters. The van der Waals surface area contributed by atoms with Gasteiger partial charge in [0, 0.05) is 31.2 Å². The highest BCUT2D eigenvalue weighted by Crippen LogP contribution is 2.58. The maximum absolute atomic E-state index is 13.7. The largest absolute Gasteiger partial charge is 0.472 e. The Morgan fingerprint density at radius 2 is 1.47 bits per heavy atom. The number of amides is 4. The highest BCUT2D eigenvalue weighted by Gasteiger charge is 2.53. The summed E-state index contributed by atoms with van der Waals surface area (Å²) in [5.74, 6) is -1.76. The molecule has 0 radical (unpaired) electrons. The number of aromatic amines is 1. The number of thiol groups is 2. The van der Waals surface area contributed by atoms with Crippen LogP contribution in [0.4, 0.5) is 11.8 Å². The van der Waals surface area contributed by atoms with Crippen LogP contribution in [0, 0.1) is 0 Å². The normalized spacial score (nSPS) is 28.5. The van der Waals surface area contributed by atoms with E-state index in [1.54, 1.807) is 6.92 Å². The molecule has 404 valence electrons. The van der Waals surface area contributed by atoms with E-state index in [0.29, 0.717) is 25.4 Å². The van der Waals surface area contributed by atoms with Crippen molar-refractivity contribution >= 4 is 97.2 Å². The fourth-order valence-electron chi connectivity index (χ4n) is 7.93. The smallest absolute Gasteiger partial charge is 0.386 e. The molecule has 74 heavy (non-hydrogen) atoms. The van der Waals surface area contributed by atoms with Gasteiger partial charge in [-0.25, -0.2) is 29.1 Å². The number of imide groups is 1. The molecule has 0 aliphatic carbocycles. The first-order valence-electron chi connectivity index (χ1n) is 22.7. The van der Waals surface area contributed by atoms with Gasteiger partial charge in [-0.1, -0.05) is 12.2 Å². The monoisotopic (exact) mass is 1120 g/mol. The van der Waals surface area contributed by atoms with Crippen molar-refractivity contribution in [1.29, 1.82) is 0 Å². The van der Waals surface area contributed by atoms with Gasteiger partial charge in [0.05, 0.1) is 90.4 Å². The van der Waals surface area contributed by atoms with E-state index < -0.39 is 99.3 Å². The molecule has 4 aromatic rings. The van der Waals surface area contributed by atoms with Crippen molar-refractivity contribution in [2.24, 2.45) is 0 Å². The molecule has 0 saturated carbocycles. The summed E-state index contributed by atoms with van der Waals surface area (Å²) in [6, 6.07) is 0. The number of imidazole rings is 2. The predicted molar refractivity (Wildman–Crippen MR) is 257 cm³/mol. The number of anilines is 2. The van der Waals surface area contributed by atoms with E-state index in [2.05, 4.69) is 65.4 Å². The summed E-state index contributed by atoms with van der Waals surface area (Å²) in [5.41, 5.74) is 5.50. The second kappa shape index (κ2) is 24.5. The summed E-state index contributed by atoms with van der Waals surface area (Å²) in [4.78, 5) is 96.1. The number of hydrogen-bond donors (Lipinski definition) is 8. The Labute approximate surface area is 429 Å². The van der Waals surface area contributed by atoms with Crippen molar-refractivity contribution in [3.8, 4) is 0 Å². The molecule has 0 aromatic carbocycles. The number of H-pyrrole nitrogens is 1. The van der Waals surface area contributed by atoms with Crippen molar-refractivity contribution in [3.63, 3.8) is 0 Å². The summed E-state index contributed by atoms with van der Waals surface area (Å²) < 4.78 is 86.0. The number of aliphatic hydroxyl groups is 1. The minimum Gasteiger partial charge on any atom is -0.386 e. The van der Waals surface area contributed by atoms with E-state index in [1.165, 1.54) is 27.9 Å². The van der Waals surface area contributed by atoms with E-state index in [0.717, 1.165) is 11.2 Å². The molecule has 8 heterocycles. The van der Waals surface area contributed by atoms with Gasteiger partial charge >= 0.3 is 14.6 Å². The highest BCUT2D eigenvalue weighted by molar-refractivity contribution is 8.44.